The van der Waals surface area contributed by atoms with Crippen molar-refractivity contribution >= 4 is 34.4 Å². The quantitative estimate of drug-likeness (QED) is 0.662. The highest BCUT2D eigenvalue weighted by Crippen LogP contribution is 2.38. The third kappa shape index (κ3) is 4.64. The minimum Gasteiger partial charge on any atom is -0.325 e. The monoisotopic (exact) mass is 477 g/mol. The van der Waals surface area contributed by atoms with E-state index in [0.717, 1.165) is 48.5 Å². The van der Waals surface area contributed by atoms with E-state index < -0.39 is 0 Å². The van der Waals surface area contributed by atoms with E-state index in [0.29, 0.717) is 6.54 Å². The van der Waals surface area contributed by atoms with Gasteiger partial charge in [0.2, 0.25) is 11.8 Å². The number of anilines is 1. The molecule has 8 heteroatoms. The number of rotatable bonds is 6. The molecular weight excluding hydrogens is 446 g/mol. The van der Waals surface area contributed by atoms with Crippen LogP contribution in [0.2, 0.25) is 0 Å². The van der Waals surface area contributed by atoms with Gasteiger partial charge in [-0.25, -0.2) is 0 Å². The average molecular weight is 478 g/mol. The molecule has 0 spiro atoms. The number of nitrogens with one attached hydrogen (secondary N) is 2. The van der Waals surface area contributed by atoms with Gasteiger partial charge < -0.3 is 15.1 Å². The Morgan fingerprint density at radius 1 is 1.12 bits per heavy atom. The molecule has 0 aromatic heterocycles. The van der Waals surface area contributed by atoms with Gasteiger partial charge >= 0.3 is 0 Å². The smallest absolute Gasteiger partial charge is 0.234 e. The lowest BCUT2D eigenvalue weighted by Crippen LogP contribution is -2.67. The summed E-state index contributed by atoms with van der Waals surface area (Å²) in [6.45, 7) is 2.62. The number of hydrogen-bond acceptors (Lipinski definition) is 6. The molecule has 3 aliphatic rings. The van der Waals surface area contributed by atoms with Gasteiger partial charge in [0.1, 0.15) is 0 Å². The number of aryl methyl sites for hydroxylation is 1. The van der Waals surface area contributed by atoms with E-state index in [2.05, 4.69) is 32.9 Å². The van der Waals surface area contributed by atoms with Crippen LogP contribution in [0.1, 0.15) is 36.8 Å². The van der Waals surface area contributed by atoms with Crippen molar-refractivity contribution in [3.63, 3.8) is 0 Å². The van der Waals surface area contributed by atoms with Crippen molar-refractivity contribution in [2.24, 2.45) is 11.0 Å². The van der Waals surface area contributed by atoms with Crippen LogP contribution in [0.3, 0.4) is 0 Å². The number of benzene rings is 2. The first kappa shape index (κ1) is 22.8. The van der Waals surface area contributed by atoms with E-state index in [9.17, 15) is 9.59 Å². The van der Waals surface area contributed by atoms with Crippen LogP contribution in [0.5, 0.6) is 0 Å². The normalized spacial score (nSPS) is 23.6. The number of thioether (sulfide) groups is 1. The summed E-state index contributed by atoms with van der Waals surface area (Å²) in [7, 11) is 0. The van der Waals surface area contributed by atoms with Crippen LogP contribution in [0.4, 0.5) is 5.69 Å². The Hall–Kier alpha value is -3.00. The van der Waals surface area contributed by atoms with E-state index in [1.807, 2.05) is 54.3 Å². The minimum atomic E-state index is -0.280. The fraction of sp³-hybridized carbons (Fsp3) is 0.423. The van der Waals surface area contributed by atoms with Crippen molar-refractivity contribution in [3.8, 4) is 0 Å². The Balaban J connectivity index is 1.27. The number of nitrogens with zero attached hydrogens (tertiary/aromatic N) is 3. The summed E-state index contributed by atoms with van der Waals surface area (Å²) in [5.41, 5.74) is 6.29. The second-order valence-corrected chi connectivity index (χ2v) is 10.1. The number of para-hydroxylation sites is 1. The van der Waals surface area contributed by atoms with Crippen molar-refractivity contribution in [2.45, 2.75) is 51.4 Å². The zero-order valence-corrected chi connectivity index (χ0v) is 20.3. The molecule has 1 saturated heterocycles. The van der Waals surface area contributed by atoms with Crippen molar-refractivity contribution in [1.82, 2.24) is 15.2 Å². The molecule has 7 nitrogen and oxygen atoms in total. The highest BCUT2D eigenvalue weighted by atomic mass is 32.2. The molecule has 5 rings (SSSR count). The summed E-state index contributed by atoms with van der Waals surface area (Å²) < 4.78 is 0. The zero-order valence-electron chi connectivity index (χ0n) is 19.4. The minimum absolute atomic E-state index is 0.00716. The fourth-order valence-corrected chi connectivity index (χ4v) is 6.04. The molecule has 1 aliphatic carbocycles. The molecule has 2 aromatic rings. The van der Waals surface area contributed by atoms with E-state index >= 15 is 0 Å². The number of amides is 2. The first-order chi connectivity index (χ1) is 16.6. The van der Waals surface area contributed by atoms with E-state index in [1.165, 1.54) is 17.3 Å². The summed E-state index contributed by atoms with van der Waals surface area (Å²) in [6.07, 6.45) is 4.63. The summed E-state index contributed by atoms with van der Waals surface area (Å²) in [4.78, 5) is 30.3. The van der Waals surface area contributed by atoms with Gasteiger partial charge in [0, 0.05) is 18.3 Å². The second-order valence-electron chi connectivity index (χ2n) is 9.18. The van der Waals surface area contributed by atoms with Gasteiger partial charge in [-0.15, -0.1) is 0 Å². The van der Waals surface area contributed by atoms with Crippen LogP contribution in [-0.2, 0) is 16.0 Å². The molecule has 2 N–H and O–H groups in total. The number of hydrogen-bond donors (Lipinski definition) is 2. The van der Waals surface area contributed by atoms with Crippen LogP contribution in [-0.4, -0.2) is 51.4 Å². The predicted molar refractivity (Wildman–Crippen MR) is 136 cm³/mol. The van der Waals surface area contributed by atoms with Crippen molar-refractivity contribution in [2.75, 3.05) is 17.6 Å². The SMILES string of the molecule is Cc1ccccc1NC(=O)CSC1=NNC2N(CCc3ccccc3)C(=O)C3CCCCC3N12. The maximum absolute atomic E-state index is 13.5. The lowest BCUT2D eigenvalue weighted by Gasteiger charge is -2.50. The number of carbonyl (C=O) groups is 2. The van der Waals surface area contributed by atoms with Crippen LogP contribution < -0.4 is 10.7 Å². The zero-order chi connectivity index (χ0) is 23.5. The number of amidine groups is 1. The van der Waals surface area contributed by atoms with Crippen LogP contribution >= 0.6 is 11.8 Å². The fourth-order valence-electron chi connectivity index (χ4n) is 5.21. The Morgan fingerprint density at radius 3 is 2.71 bits per heavy atom. The first-order valence-electron chi connectivity index (χ1n) is 12.1. The summed E-state index contributed by atoms with van der Waals surface area (Å²) in [6, 6.07) is 18.2. The van der Waals surface area contributed by atoms with Gasteiger partial charge in [-0.2, -0.15) is 5.10 Å². The molecule has 3 atom stereocenters. The Labute approximate surface area is 205 Å². The van der Waals surface area contributed by atoms with Crippen LogP contribution in [0, 0.1) is 12.8 Å². The molecule has 34 heavy (non-hydrogen) atoms. The largest absolute Gasteiger partial charge is 0.325 e. The van der Waals surface area contributed by atoms with Gasteiger partial charge in [-0.05, 0) is 43.4 Å². The third-order valence-corrected chi connectivity index (χ3v) is 7.94. The van der Waals surface area contributed by atoms with Gasteiger partial charge in [0.05, 0.1) is 11.7 Å². The molecule has 2 heterocycles. The highest BCUT2D eigenvalue weighted by Gasteiger charge is 2.50. The van der Waals surface area contributed by atoms with E-state index in [1.54, 1.807) is 0 Å². The maximum atomic E-state index is 13.5. The van der Waals surface area contributed by atoms with Gasteiger partial charge in [-0.3, -0.25) is 15.0 Å². The second kappa shape index (κ2) is 10.1. The number of hydrazone groups is 1. The molecule has 178 valence electrons. The lowest BCUT2D eigenvalue weighted by atomic mass is 9.81. The Morgan fingerprint density at radius 2 is 1.88 bits per heavy atom. The number of fused-ring (bicyclic) bond motifs is 3. The van der Waals surface area contributed by atoms with Gasteiger partial charge in [-0.1, -0.05) is 73.1 Å². The van der Waals surface area contributed by atoms with Gasteiger partial charge in [0.25, 0.3) is 0 Å². The van der Waals surface area contributed by atoms with Crippen LogP contribution in [0.15, 0.2) is 59.7 Å². The lowest BCUT2D eigenvalue weighted by molar-refractivity contribution is -0.155. The first-order valence-corrected chi connectivity index (χ1v) is 13.0. The molecule has 2 fully saturated rings. The number of carbonyl (C=O) groups excluding carboxylic acids is 2. The standard InChI is InChI=1S/C26H31N5O2S/c1-18-9-5-7-13-21(18)27-23(32)17-34-26-29-28-25-30(16-15-19-10-3-2-4-11-19)24(33)20-12-6-8-14-22(20)31(25)26/h2-5,7,9-11,13,20,22,25,28H,6,8,12,14-17H2,1H3,(H,27,32). The molecule has 2 aliphatic heterocycles. The molecule has 1 saturated carbocycles. The molecule has 3 unspecified atom stereocenters. The molecular formula is C26H31N5O2S. The average Bonchev–Trinajstić information content (AvgIpc) is 3.29. The summed E-state index contributed by atoms with van der Waals surface area (Å²) >= 11 is 1.44. The molecule has 0 bridgehead atoms. The predicted octanol–water partition coefficient (Wildman–Crippen LogP) is 3.77. The topological polar surface area (TPSA) is 77.0 Å². The van der Waals surface area contributed by atoms with Crippen molar-refractivity contribution in [1.29, 1.82) is 0 Å². The van der Waals surface area contributed by atoms with E-state index in [4.69, 9.17) is 0 Å². The maximum Gasteiger partial charge on any atom is 0.234 e. The Kier molecular flexibility index (Phi) is 6.76. The molecule has 2 aromatic carbocycles. The third-order valence-electron chi connectivity index (χ3n) is 6.98. The van der Waals surface area contributed by atoms with Crippen molar-refractivity contribution in [3.05, 3.63) is 65.7 Å². The van der Waals surface area contributed by atoms with Crippen LogP contribution in [0.25, 0.3) is 0 Å². The summed E-state index contributed by atoms with van der Waals surface area (Å²) in [5, 5.41) is 8.39. The molecule has 2 amide bonds. The Bertz CT molecular complexity index is 1080. The molecule has 0 radical (unpaired) electrons. The van der Waals surface area contributed by atoms with E-state index in [-0.39, 0.29) is 35.8 Å². The summed E-state index contributed by atoms with van der Waals surface area (Å²) in [5.74, 6) is 0.438. The highest BCUT2D eigenvalue weighted by molar-refractivity contribution is 8.14. The van der Waals surface area contributed by atoms with Crippen molar-refractivity contribution < 1.29 is 9.59 Å². The van der Waals surface area contributed by atoms with Gasteiger partial charge in [0.15, 0.2) is 11.5 Å².